The average Bonchev–Trinajstić information content (AvgIpc) is 2.42. The number of ether oxygens (including phenoxy) is 1. The number of nitrogens with zero attached hydrogens (tertiary/aromatic N) is 2. The molecule has 0 aromatic carbocycles. The predicted molar refractivity (Wildman–Crippen MR) is 89.3 cm³/mol. The molecule has 0 aromatic rings. The first-order valence-electron chi connectivity index (χ1n) is 8.02. The van der Waals surface area contributed by atoms with Crippen molar-refractivity contribution in [1.29, 1.82) is 0 Å². The Kier molecular flexibility index (Phi) is 11.8. The summed E-state index contributed by atoms with van der Waals surface area (Å²) in [7, 11) is 0. The maximum atomic E-state index is 11.7. The molecule has 0 saturated carbocycles. The Morgan fingerprint density at radius 2 is 1.81 bits per heavy atom. The molecular formula is C15H32ClN3O2. The van der Waals surface area contributed by atoms with Gasteiger partial charge in [-0.2, -0.15) is 0 Å². The molecule has 21 heavy (non-hydrogen) atoms. The Hall–Kier alpha value is -0.520. The average molecular weight is 322 g/mol. The second-order valence-corrected chi connectivity index (χ2v) is 5.72. The lowest BCUT2D eigenvalue weighted by atomic mass is 10.2. The van der Waals surface area contributed by atoms with E-state index < -0.39 is 0 Å². The number of piperazine rings is 1. The number of nitrogens with one attached hydrogen (secondary N) is 1. The van der Waals surface area contributed by atoms with Crippen LogP contribution in [0.2, 0.25) is 0 Å². The molecule has 0 spiro atoms. The van der Waals surface area contributed by atoms with Crippen molar-refractivity contribution in [1.82, 2.24) is 15.1 Å². The second-order valence-electron chi connectivity index (χ2n) is 5.72. The van der Waals surface area contributed by atoms with Crippen LogP contribution in [-0.2, 0) is 4.74 Å². The highest BCUT2D eigenvalue weighted by Gasteiger charge is 2.22. The summed E-state index contributed by atoms with van der Waals surface area (Å²) in [5, 5.41) is 3.48. The van der Waals surface area contributed by atoms with Crippen molar-refractivity contribution >= 4 is 18.5 Å². The van der Waals surface area contributed by atoms with Crippen LogP contribution in [0.4, 0.5) is 4.79 Å². The fraction of sp³-hybridized carbons (Fsp3) is 0.933. The quantitative estimate of drug-likeness (QED) is 0.697. The van der Waals surface area contributed by atoms with E-state index in [1.165, 1.54) is 19.3 Å². The molecule has 1 saturated heterocycles. The van der Waals surface area contributed by atoms with Gasteiger partial charge in [0, 0.05) is 39.3 Å². The van der Waals surface area contributed by atoms with Crippen molar-refractivity contribution in [2.45, 2.75) is 46.1 Å². The van der Waals surface area contributed by atoms with E-state index in [9.17, 15) is 4.79 Å². The van der Waals surface area contributed by atoms with Gasteiger partial charge in [-0.3, -0.25) is 4.90 Å². The first-order chi connectivity index (χ1) is 9.63. The topological polar surface area (TPSA) is 44.8 Å². The summed E-state index contributed by atoms with van der Waals surface area (Å²) in [6.45, 7) is 12.7. The summed E-state index contributed by atoms with van der Waals surface area (Å²) in [6, 6.07) is 0. The fourth-order valence-electron chi connectivity index (χ4n) is 2.29. The Balaban J connectivity index is 0.00000400. The van der Waals surface area contributed by atoms with Gasteiger partial charge in [0.2, 0.25) is 0 Å². The minimum atomic E-state index is -0.169. The standard InChI is InChI=1S/C15H31N3O2.ClH/c1-4-5-6-7-16-8-9-17-10-12-18(13-11-17)15(19)20-14(2)3;/h14,16H,4-13H2,1-3H3;1H. The third-order valence-electron chi connectivity index (χ3n) is 3.53. The van der Waals surface area contributed by atoms with E-state index in [4.69, 9.17) is 4.74 Å². The summed E-state index contributed by atoms with van der Waals surface area (Å²) in [6.07, 6.45) is 3.65. The number of carbonyl (C=O) groups is 1. The Bertz CT molecular complexity index is 270. The first kappa shape index (κ1) is 20.5. The number of hydrogen-bond donors (Lipinski definition) is 1. The molecule has 0 bridgehead atoms. The van der Waals surface area contributed by atoms with Gasteiger partial charge in [0.15, 0.2) is 0 Å². The van der Waals surface area contributed by atoms with Gasteiger partial charge in [0.25, 0.3) is 0 Å². The van der Waals surface area contributed by atoms with Crippen LogP contribution in [0.15, 0.2) is 0 Å². The van der Waals surface area contributed by atoms with Crippen LogP contribution in [-0.4, -0.2) is 67.8 Å². The summed E-state index contributed by atoms with van der Waals surface area (Å²) in [5.41, 5.74) is 0. The molecule has 126 valence electrons. The van der Waals surface area contributed by atoms with Crippen LogP contribution >= 0.6 is 12.4 Å². The lowest BCUT2D eigenvalue weighted by molar-refractivity contribution is 0.0574. The van der Waals surface area contributed by atoms with Crippen molar-refractivity contribution in [3.05, 3.63) is 0 Å². The first-order valence-corrected chi connectivity index (χ1v) is 8.02. The zero-order valence-corrected chi connectivity index (χ0v) is 14.6. The van der Waals surface area contributed by atoms with Crippen LogP contribution in [0.25, 0.3) is 0 Å². The van der Waals surface area contributed by atoms with E-state index >= 15 is 0 Å². The Morgan fingerprint density at radius 3 is 2.38 bits per heavy atom. The largest absolute Gasteiger partial charge is 0.447 e. The number of hydrogen-bond acceptors (Lipinski definition) is 4. The normalized spacial score (nSPS) is 15.9. The van der Waals surface area contributed by atoms with Gasteiger partial charge in [-0.1, -0.05) is 19.8 Å². The van der Waals surface area contributed by atoms with E-state index in [1.807, 2.05) is 18.7 Å². The third kappa shape index (κ3) is 9.17. The molecular weight excluding hydrogens is 290 g/mol. The monoisotopic (exact) mass is 321 g/mol. The zero-order valence-electron chi connectivity index (χ0n) is 13.8. The molecule has 6 heteroatoms. The van der Waals surface area contributed by atoms with Crippen molar-refractivity contribution in [3.63, 3.8) is 0 Å². The van der Waals surface area contributed by atoms with Gasteiger partial charge in [0.05, 0.1) is 6.10 Å². The number of unbranched alkanes of at least 4 members (excludes halogenated alkanes) is 2. The fourth-order valence-corrected chi connectivity index (χ4v) is 2.29. The lowest BCUT2D eigenvalue weighted by Gasteiger charge is -2.34. The molecule has 5 nitrogen and oxygen atoms in total. The summed E-state index contributed by atoms with van der Waals surface area (Å²) in [4.78, 5) is 16.0. The minimum absolute atomic E-state index is 0. The highest BCUT2D eigenvalue weighted by atomic mass is 35.5. The molecule has 1 rings (SSSR count). The summed E-state index contributed by atoms with van der Waals surface area (Å²) >= 11 is 0. The van der Waals surface area contributed by atoms with E-state index in [1.54, 1.807) is 0 Å². The van der Waals surface area contributed by atoms with Crippen LogP contribution in [0, 0.1) is 0 Å². The van der Waals surface area contributed by atoms with E-state index in [2.05, 4.69) is 17.1 Å². The number of halogens is 1. The van der Waals surface area contributed by atoms with Crippen LogP contribution in [0.3, 0.4) is 0 Å². The molecule has 0 aliphatic carbocycles. The summed E-state index contributed by atoms with van der Waals surface area (Å²) < 4.78 is 5.22. The Morgan fingerprint density at radius 1 is 1.14 bits per heavy atom. The van der Waals surface area contributed by atoms with Crippen molar-refractivity contribution in [2.24, 2.45) is 0 Å². The van der Waals surface area contributed by atoms with Gasteiger partial charge in [-0.05, 0) is 26.8 Å². The molecule has 0 unspecified atom stereocenters. The van der Waals surface area contributed by atoms with Crippen LogP contribution < -0.4 is 5.32 Å². The molecule has 0 radical (unpaired) electrons. The predicted octanol–water partition coefficient (Wildman–Crippen LogP) is 2.35. The van der Waals surface area contributed by atoms with Crippen LogP contribution in [0.1, 0.15) is 40.0 Å². The molecule has 1 N–H and O–H groups in total. The molecule has 0 atom stereocenters. The van der Waals surface area contributed by atoms with Crippen LogP contribution in [0.5, 0.6) is 0 Å². The molecule has 1 amide bonds. The van der Waals surface area contributed by atoms with Gasteiger partial charge in [-0.15, -0.1) is 12.4 Å². The number of rotatable bonds is 8. The van der Waals surface area contributed by atoms with E-state index in [0.717, 1.165) is 45.8 Å². The van der Waals surface area contributed by atoms with Gasteiger partial charge < -0.3 is 15.0 Å². The Labute approximate surface area is 135 Å². The molecule has 1 aliphatic heterocycles. The second kappa shape index (κ2) is 12.1. The lowest BCUT2D eigenvalue weighted by Crippen LogP contribution is -2.50. The van der Waals surface area contributed by atoms with E-state index in [-0.39, 0.29) is 24.6 Å². The van der Waals surface area contributed by atoms with Crippen molar-refractivity contribution in [3.8, 4) is 0 Å². The van der Waals surface area contributed by atoms with Gasteiger partial charge in [-0.25, -0.2) is 4.79 Å². The maximum absolute atomic E-state index is 11.7. The number of amides is 1. The molecule has 0 aromatic heterocycles. The molecule has 1 heterocycles. The third-order valence-corrected chi connectivity index (χ3v) is 3.53. The maximum Gasteiger partial charge on any atom is 0.410 e. The highest BCUT2D eigenvalue weighted by molar-refractivity contribution is 5.85. The highest BCUT2D eigenvalue weighted by Crippen LogP contribution is 2.04. The number of carbonyl (C=O) groups excluding carboxylic acids is 1. The summed E-state index contributed by atoms with van der Waals surface area (Å²) in [5.74, 6) is 0. The van der Waals surface area contributed by atoms with Crippen molar-refractivity contribution in [2.75, 3.05) is 45.8 Å². The zero-order chi connectivity index (χ0) is 14.8. The molecule has 1 aliphatic rings. The van der Waals surface area contributed by atoms with Crippen molar-refractivity contribution < 1.29 is 9.53 Å². The smallest absolute Gasteiger partial charge is 0.410 e. The SMILES string of the molecule is CCCCCNCCN1CCN(C(=O)OC(C)C)CC1.Cl. The minimum Gasteiger partial charge on any atom is -0.447 e. The van der Waals surface area contributed by atoms with Gasteiger partial charge >= 0.3 is 6.09 Å². The van der Waals surface area contributed by atoms with Gasteiger partial charge in [0.1, 0.15) is 0 Å². The molecule has 1 fully saturated rings. The van der Waals surface area contributed by atoms with E-state index in [0.29, 0.717) is 0 Å².